The van der Waals surface area contributed by atoms with Gasteiger partial charge < -0.3 is 18.9 Å². The Morgan fingerprint density at radius 3 is 2.55 bits per heavy atom. The van der Waals surface area contributed by atoms with Crippen LogP contribution in [0.1, 0.15) is 54.6 Å². The molecule has 10 nitrogen and oxygen atoms in total. The summed E-state index contributed by atoms with van der Waals surface area (Å²) in [7, 11) is -3.34. The highest BCUT2D eigenvalue weighted by molar-refractivity contribution is 7.92. The molecule has 3 aromatic rings. The Bertz CT molecular complexity index is 1440. The van der Waals surface area contributed by atoms with E-state index in [1.165, 1.54) is 18.3 Å². The van der Waals surface area contributed by atoms with Crippen LogP contribution >= 0.6 is 11.3 Å². The van der Waals surface area contributed by atoms with Crippen LogP contribution in [-0.2, 0) is 28.8 Å². The molecule has 1 aliphatic heterocycles. The molecule has 0 spiro atoms. The van der Waals surface area contributed by atoms with E-state index in [-0.39, 0.29) is 22.9 Å². The maximum Gasteiger partial charge on any atom is 0.338 e. The van der Waals surface area contributed by atoms with E-state index < -0.39 is 27.8 Å². The highest BCUT2D eigenvalue weighted by atomic mass is 32.2. The summed E-state index contributed by atoms with van der Waals surface area (Å²) in [5, 5.41) is 3.19. The molecule has 12 heteroatoms. The van der Waals surface area contributed by atoms with Gasteiger partial charge in [-0.3, -0.25) is 10.1 Å². The third-order valence-corrected chi connectivity index (χ3v) is 9.56. The summed E-state index contributed by atoms with van der Waals surface area (Å²) in [6.07, 6.45) is 2.98. The number of esters is 1. The molecule has 1 amide bonds. The topological polar surface area (TPSA) is 130 Å². The van der Waals surface area contributed by atoms with Gasteiger partial charge in [-0.15, -0.1) is 0 Å². The molecule has 0 bridgehead atoms. The number of ether oxygens (including phenoxy) is 4. The van der Waals surface area contributed by atoms with Gasteiger partial charge in [0.2, 0.25) is 5.06 Å². The summed E-state index contributed by atoms with van der Waals surface area (Å²) in [6.45, 7) is 3.09. The number of hydrogen-bond donors (Lipinski definition) is 1. The number of sulfone groups is 1. The summed E-state index contributed by atoms with van der Waals surface area (Å²) < 4.78 is 47.7. The highest BCUT2D eigenvalue weighted by Crippen LogP contribution is 2.35. The van der Waals surface area contributed by atoms with Crippen molar-refractivity contribution in [2.24, 2.45) is 0 Å². The monoisotopic (exact) mass is 586 g/mol. The highest BCUT2D eigenvalue weighted by Gasteiger charge is 2.37. The molecule has 5 rings (SSSR count). The molecule has 212 valence electrons. The molecule has 1 saturated heterocycles. The molecule has 1 saturated carbocycles. The molecule has 1 N–H and O–H groups in total. The van der Waals surface area contributed by atoms with Crippen molar-refractivity contribution in [2.45, 2.75) is 55.0 Å². The fourth-order valence-electron chi connectivity index (χ4n) is 4.25. The first kappa shape index (κ1) is 28.2. The molecule has 2 heterocycles. The van der Waals surface area contributed by atoms with Crippen molar-refractivity contribution >= 4 is 38.2 Å². The normalized spacial score (nSPS) is 16.7. The quantitative estimate of drug-likeness (QED) is 0.311. The lowest BCUT2D eigenvalue weighted by Gasteiger charge is -2.27. The van der Waals surface area contributed by atoms with Crippen LogP contribution in [0, 0.1) is 0 Å². The zero-order chi connectivity index (χ0) is 28.1. The van der Waals surface area contributed by atoms with E-state index in [1.54, 1.807) is 43.3 Å². The van der Waals surface area contributed by atoms with Gasteiger partial charge in [-0.05, 0) is 68.5 Å². The maximum absolute atomic E-state index is 13.4. The molecule has 2 aliphatic rings. The Balaban J connectivity index is 1.29. The number of carbonyl (C=O) groups is 2. The minimum Gasteiger partial charge on any atom is -0.462 e. The van der Waals surface area contributed by atoms with Gasteiger partial charge in [-0.1, -0.05) is 29.5 Å². The van der Waals surface area contributed by atoms with Crippen LogP contribution < -0.4 is 10.1 Å². The number of carbonyl (C=O) groups excluding carboxylic acids is 2. The van der Waals surface area contributed by atoms with Crippen LogP contribution in [0.15, 0.2) is 59.6 Å². The molecule has 1 atom stereocenters. The van der Waals surface area contributed by atoms with E-state index in [0.29, 0.717) is 66.0 Å². The summed E-state index contributed by atoms with van der Waals surface area (Å²) in [6, 6.07) is 12.9. The average Bonchev–Trinajstić information content (AvgIpc) is 3.74. The van der Waals surface area contributed by atoms with Crippen molar-refractivity contribution < 1.29 is 37.0 Å². The van der Waals surface area contributed by atoms with Crippen molar-refractivity contribution in [3.05, 3.63) is 65.9 Å². The fourth-order valence-corrected chi connectivity index (χ4v) is 6.60. The van der Waals surface area contributed by atoms with Crippen molar-refractivity contribution in [1.82, 2.24) is 4.98 Å². The zero-order valence-electron chi connectivity index (χ0n) is 21.9. The average molecular weight is 587 g/mol. The molecule has 2 fully saturated rings. The summed E-state index contributed by atoms with van der Waals surface area (Å²) in [5.74, 6) is -0.456. The molecule has 0 radical (unpaired) electrons. The first-order valence-corrected chi connectivity index (χ1v) is 15.5. The number of amides is 1. The number of rotatable bonds is 11. The Labute approximate surface area is 236 Å². The predicted octanol–water partition coefficient (Wildman–Crippen LogP) is 4.92. The minimum atomic E-state index is -3.34. The standard InChI is InChI=1S/C28H30N2O8S2/c1-2-36-27(32)19-4-3-5-21(16-19)37-24-17-29-28(39-24)30-26(31)25(38-20-12-14-35-15-13-20)18-6-8-22(9-7-18)40(33,34)23-10-11-23/h3-9,16-17,20,23,25H,2,10-15H2,1H3,(H,29,30,31). The van der Waals surface area contributed by atoms with Crippen LogP contribution in [0.4, 0.5) is 5.13 Å². The van der Waals surface area contributed by atoms with Gasteiger partial charge in [-0.2, -0.15) is 0 Å². The largest absolute Gasteiger partial charge is 0.462 e. The fraction of sp³-hybridized carbons (Fsp3) is 0.393. The SMILES string of the molecule is CCOC(=O)c1cccc(Oc2cnc(NC(=O)C(OC3CCOCC3)c3ccc(S(=O)(=O)C4CC4)cc3)s2)c1. The lowest BCUT2D eigenvalue weighted by Crippen LogP contribution is -2.31. The van der Waals surface area contributed by atoms with Crippen molar-refractivity contribution in [2.75, 3.05) is 25.1 Å². The van der Waals surface area contributed by atoms with E-state index in [2.05, 4.69) is 10.3 Å². The molecule has 2 aromatic carbocycles. The molecule has 1 aliphatic carbocycles. The Kier molecular flexibility index (Phi) is 8.79. The third kappa shape index (κ3) is 6.87. The van der Waals surface area contributed by atoms with E-state index >= 15 is 0 Å². The van der Waals surface area contributed by atoms with Gasteiger partial charge in [0.25, 0.3) is 5.91 Å². The first-order valence-electron chi connectivity index (χ1n) is 13.1. The Morgan fingerprint density at radius 1 is 1.10 bits per heavy atom. The lowest BCUT2D eigenvalue weighted by molar-refractivity contribution is -0.136. The number of hydrogen-bond acceptors (Lipinski definition) is 10. The van der Waals surface area contributed by atoms with Gasteiger partial charge in [0.1, 0.15) is 5.75 Å². The number of aromatic nitrogens is 1. The van der Waals surface area contributed by atoms with Crippen molar-refractivity contribution in [3.63, 3.8) is 0 Å². The summed E-state index contributed by atoms with van der Waals surface area (Å²) in [4.78, 5) is 29.9. The van der Waals surface area contributed by atoms with Gasteiger partial charge in [0.05, 0.1) is 34.6 Å². The van der Waals surface area contributed by atoms with Crippen LogP contribution in [0.5, 0.6) is 10.8 Å². The lowest BCUT2D eigenvalue weighted by atomic mass is 10.1. The van der Waals surface area contributed by atoms with Crippen molar-refractivity contribution in [1.29, 1.82) is 0 Å². The van der Waals surface area contributed by atoms with Crippen LogP contribution in [0.3, 0.4) is 0 Å². The van der Waals surface area contributed by atoms with E-state index in [0.717, 1.165) is 11.3 Å². The minimum absolute atomic E-state index is 0.179. The molecular weight excluding hydrogens is 556 g/mol. The maximum atomic E-state index is 13.4. The second-order valence-electron chi connectivity index (χ2n) is 9.47. The Morgan fingerprint density at radius 2 is 1.85 bits per heavy atom. The number of benzene rings is 2. The van der Waals surface area contributed by atoms with Gasteiger partial charge in [0, 0.05) is 13.2 Å². The van der Waals surface area contributed by atoms with E-state index in [9.17, 15) is 18.0 Å². The first-order chi connectivity index (χ1) is 19.3. The molecular formula is C28H30N2O8S2. The second-order valence-corrected chi connectivity index (χ2v) is 12.7. The molecule has 1 aromatic heterocycles. The zero-order valence-corrected chi connectivity index (χ0v) is 23.5. The van der Waals surface area contributed by atoms with Gasteiger partial charge >= 0.3 is 5.97 Å². The smallest absolute Gasteiger partial charge is 0.338 e. The van der Waals surface area contributed by atoms with Crippen molar-refractivity contribution in [3.8, 4) is 10.8 Å². The predicted molar refractivity (Wildman–Crippen MR) is 148 cm³/mol. The molecule has 40 heavy (non-hydrogen) atoms. The van der Waals surface area contributed by atoms with Crippen LogP contribution in [-0.4, -0.2) is 56.5 Å². The number of anilines is 1. The van der Waals surface area contributed by atoms with Gasteiger partial charge in [0.15, 0.2) is 21.1 Å². The third-order valence-electron chi connectivity index (χ3n) is 6.49. The Hall–Kier alpha value is -3.32. The molecule has 1 unspecified atom stereocenters. The number of nitrogens with zero attached hydrogens (tertiary/aromatic N) is 1. The number of thiazole rings is 1. The van der Waals surface area contributed by atoms with E-state index in [4.69, 9.17) is 18.9 Å². The van der Waals surface area contributed by atoms with Crippen LogP contribution in [0.25, 0.3) is 0 Å². The number of nitrogens with one attached hydrogen (secondary N) is 1. The second kappa shape index (κ2) is 12.5. The summed E-state index contributed by atoms with van der Waals surface area (Å²) >= 11 is 1.12. The summed E-state index contributed by atoms with van der Waals surface area (Å²) in [5.41, 5.74) is 0.906. The van der Waals surface area contributed by atoms with Gasteiger partial charge in [-0.25, -0.2) is 18.2 Å². The van der Waals surface area contributed by atoms with E-state index in [1.807, 2.05) is 0 Å². The van der Waals surface area contributed by atoms with Crippen LogP contribution in [0.2, 0.25) is 0 Å².